The van der Waals surface area contributed by atoms with E-state index in [2.05, 4.69) is 4.98 Å². The van der Waals surface area contributed by atoms with E-state index >= 15 is 0 Å². The summed E-state index contributed by atoms with van der Waals surface area (Å²) in [5.74, 6) is 0. The predicted molar refractivity (Wildman–Crippen MR) is 84.9 cm³/mol. The fourth-order valence-electron chi connectivity index (χ4n) is 2.50. The summed E-state index contributed by atoms with van der Waals surface area (Å²) in [6, 6.07) is 13.6. The van der Waals surface area contributed by atoms with Gasteiger partial charge in [0.15, 0.2) is 0 Å². The Kier molecular flexibility index (Phi) is 2.71. The van der Waals surface area contributed by atoms with Crippen molar-refractivity contribution in [3.63, 3.8) is 0 Å². The molecule has 2 heterocycles. The number of hydrogen-bond donors (Lipinski definition) is 1. The van der Waals surface area contributed by atoms with Crippen molar-refractivity contribution in [3.05, 3.63) is 74.4 Å². The number of fused-ring (bicyclic) bond motifs is 3. The first kappa shape index (κ1) is 12.9. The third-order valence-corrected chi connectivity index (χ3v) is 3.76. The fourth-order valence-corrected chi connectivity index (χ4v) is 2.63. The molecule has 2 aromatic carbocycles. The van der Waals surface area contributed by atoms with Gasteiger partial charge in [0.25, 0.3) is 0 Å². The number of aromatic nitrogens is 2. The summed E-state index contributed by atoms with van der Waals surface area (Å²) in [4.78, 5) is 27.7. The number of para-hydroxylation sites is 1. The van der Waals surface area contributed by atoms with Crippen LogP contribution < -0.4 is 11.2 Å². The van der Waals surface area contributed by atoms with Crippen molar-refractivity contribution >= 4 is 33.7 Å². The smallest absolute Gasteiger partial charge is 0.333 e. The predicted octanol–water partition coefficient (Wildman–Crippen LogP) is 3.08. The number of aromatic amines is 1. The van der Waals surface area contributed by atoms with Gasteiger partial charge < -0.3 is 9.40 Å². The second-order valence-corrected chi connectivity index (χ2v) is 5.29. The normalized spacial score (nSPS) is 11.3. The third kappa shape index (κ3) is 1.79. The molecule has 0 atom stereocenters. The minimum atomic E-state index is -0.522. The van der Waals surface area contributed by atoms with Crippen molar-refractivity contribution in [2.75, 3.05) is 0 Å². The van der Waals surface area contributed by atoms with Gasteiger partial charge in [-0.05, 0) is 36.4 Å². The lowest BCUT2D eigenvalue weighted by Crippen LogP contribution is -2.33. The highest BCUT2D eigenvalue weighted by Crippen LogP contribution is 2.23. The molecule has 0 aliphatic rings. The molecule has 0 amide bonds. The largest absolute Gasteiger partial charge is 0.449 e. The van der Waals surface area contributed by atoms with E-state index in [1.165, 1.54) is 0 Å². The monoisotopic (exact) mass is 312 g/mol. The highest BCUT2D eigenvalue weighted by Gasteiger charge is 2.15. The Morgan fingerprint density at radius 2 is 1.73 bits per heavy atom. The van der Waals surface area contributed by atoms with E-state index in [1.54, 1.807) is 42.5 Å². The first-order valence-electron chi connectivity index (χ1n) is 6.58. The molecule has 5 nitrogen and oxygen atoms in total. The molecule has 0 unspecified atom stereocenters. The van der Waals surface area contributed by atoms with Gasteiger partial charge in [-0.2, -0.15) is 0 Å². The molecule has 2 aromatic heterocycles. The first-order valence-corrected chi connectivity index (χ1v) is 6.95. The van der Waals surface area contributed by atoms with Crippen LogP contribution in [-0.2, 0) is 0 Å². The highest BCUT2D eigenvalue weighted by atomic mass is 35.5. The minimum absolute atomic E-state index is 0.121. The van der Waals surface area contributed by atoms with Crippen LogP contribution in [0.4, 0.5) is 0 Å². The van der Waals surface area contributed by atoms with E-state index in [-0.39, 0.29) is 5.58 Å². The third-order valence-electron chi connectivity index (χ3n) is 3.51. The lowest BCUT2D eigenvalue weighted by Gasteiger charge is -2.03. The van der Waals surface area contributed by atoms with Gasteiger partial charge in [0.1, 0.15) is 11.1 Å². The lowest BCUT2D eigenvalue weighted by molar-refractivity contribution is 0.654. The van der Waals surface area contributed by atoms with Crippen LogP contribution >= 0.6 is 11.6 Å². The SMILES string of the molecule is O=c1[nH]c2c(oc3ccccc32)c(=O)n1-c1ccc(Cl)cc1. The number of nitrogens with one attached hydrogen (secondary N) is 1. The molecule has 1 N–H and O–H groups in total. The standard InChI is InChI=1S/C16H9ClN2O3/c17-9-5-7-10(8-6-9)19-15(20)14-13(18-16(19)21)11-3-1-2-4-12(11)22-14/h1-8H,(H,18,21). The van der Waals surface area contributed by atoms with Gasteiger partial charge in [0, 0.05) is 10.4 Å². The minimum Gasteiger partial charge on any atom is -0.449 e. The van der Waals surface area contributed by atoms with Gasteiger partial charge in [-0.3, -0.25) is 4.79 Å². The Morgan fingerprint density at radius 1 is 1.00 bits per heavy atom. The zero-order chi connectivity index (χ0) is 15.3. The van der Waals surface area contributed by atoms with Crippen molar-refractivity contribution in [1.29, 1.82) is 0 Å². The molecule has 0 saturated carbocycles. The number of hydrogen-bond acceptors (Lipinski definition) is 3. The number of nitrogens with zero attached hydrogens (tertiary/aromatic N) is 1. The van der Waals surface area contributed by atoms with Crippen LogP contribution in [-0.4, -0.2) is 9.55 Å². The number of H-pyrrole nitrogens is 1. The Bertz CT molecular complexity index is 1120. The summed E-state index contributed by atoms with van der Waals surface area (Å²) in [5.41, 5.74) is 0.493. The molecule has 0 saturated heterocycles. The lowest BCUT2D eigenvalue weighted by atomic mass is 10.2. The van der Waals surface area contributed by atoms with Crippen LogP contribution in [0.1, 0.15) is 0 Å². The maximum Gasteiger partial charge on any atom is 0.333 e. The van der Waals surface area contributed by atoms with Crippen LogP contribution in [0.25, 0.3) is 27.8 Å². The second kappa shape index (κ2) is 4.61. The van der Waals surface area contributed by atoms with E-state index in [0.717, 1.165) is 4.57 Å². The van der Waals surface area contributed by atoms with Crippen LogP contribution in [0, 0.1) is 0 Å². The molecule has 108 valence electrons. The van der Waals surface area contributed by atoms with E-state index < -0.39 is 11.2 Å². The molecule has 0 aliphatic carbocycles. The Hall–Kier alpha value is -2.79. The average molecular weight is 313 g/mol. The molecular formula is C16H9ClN2O3. The van der Waals surface area contributed by atoms with Crippen molar-refractivity contribution < 1.29 is 4.42 Å². The molecule has 0 spiro atoms. The Labute approximate surface area is 128 Å². The zero-order valence-electron chi connectivity index (χ0n) is 11.2. The van der Waals surface area contributed by atoms with Crippen LogP contribution in [0.3, 0.4) is 0 Å². The summed E-state index contributed by atoms with van der Waals surface area (Å²) in [6.07, 6.45) is 0. The van der Waals surface area contributed by atoms with Crippen molar-refractivity contribution in [2.45, 2.75) is 0 Å². The van der Waals surface area contributed by atoms with E-state index in [4.69, 9.17) is 16.0 Å². The number of rotatable bonds is 1. The molecule has 4 aromatic rings. The van der Waals surface area contributed by atoms with E-state index in [9.17, 15) is 9.59 Å². The van der Waals surface area contributed by atoms with E-state index in [0.29, 0.717) is 27.2 Å². The van der Waals surface area contributed by atoms with Crippen LogP contribution in [0.15, 0.2) is 62.5 Å². The van der Waals surface area contributed by atoms with Gasteiger partial charge in [-0.1, -0.05) is 23.7 Å². The van der Waals surface area contributed by atoms with Gasteiger partial charge in [-0.15, -0.1) is 0 Å². The second-order valence-electron chi connectivity index (χ2n) is 4.85. The van der Waals surface area contributed by atoms with Gasteiger partial charge in [0.2, 0.25) is 5.58 Å². The van der Waals surface area contributed by atoms with Crippen LogP contribution in [0.5, 0.6) is 0 Å². The fraction of sp³-hybridized carbons (Fsp3) is 0. The summed E-state index contributed by atoms with van der Waals surface area (Å²) < 4.78 is 6.62. The van der Waals surface area contributed by atoms with Gasteiger partial charge in [0.05, 0.1) is 5.69 Å². The van der Waals surface area contributed by atoms with Crippen molar-refractivity contribution in [3.8, 4) is 5.69 Å². The van der Waals surface area contributed by atoms with E-state index in [1.807, 2.05) is 6.07 Å². The molecule has 22 heavy (non-hydrogen) atoms. The van der Waals surface area contributed by atoms with Gasteiger partial charge >= 0.3 is 11.2 Å². The summed E-state index contributed by atoms with van der Waals surface area (Å²) in [6.45, 7) is 0. The number of benzene rings is 2. The molecule has 0 radical (unpaired) electrons. The molecule has 6 heteroatoms. The Balaban J connectivity index is 2.13. The maximum absolute atomic E-state index is 12.6. The molecule has 0 fully saturated rings. The summed E-state index contributed by atoms with van der Waals surface area (Å²) in [7, 11) is 0. The molecular weight excluding hydrogens is 304 g/mol. The van der Waals surface area contributed by atoms with Crippen LogP contribution in [0.2, 0.25) is 5.02 Å². The topological polar surface area (TPSA) is 68.0 Å². The first-order chi connectivity index (χ1) is 10.6. The summed E-state index contributed by atoms with van der Waals surface area (Å²) in [5, 5.41) is 1.23. The van der Waals surface area contributed by atoms with Gasteiger partial charge in [-0.25, -0.2) is 9.36 Å². The summed E-state index contributed by atoms with van der Waals surface area (Å²) >= 11 is 5.84. The number of halogens is 1. The molecule has 0 bridgehead atoms. The zero-order valence-corrected chi connectivity index (χ0v) is 11.9. The quantitative estimate of drug-likeness (QED) is 0.587. The number of furan rings is 1. The molecule has 0 aliphatic heterocycles. The Morgan fingerprint density at radius 3 is 2.50 bits per heavy atom. The molecule has 4 rings (SSSR count). The highest BCUT2D eigenvalue weighted by molar-refractivity contribution is 6.30. The van der Waals surface area contributed by atoms with Crippen molar-refractivity contribution in [1.82, 2.24) is 9.55 Å². The average Bonchev–Trinajstić information content (AvgIpc) is 2.88. The van der Waals surface area contributed by atoms with Crippen molar-refractivity contribution in [2.24, 2.45) is 0 Å². The maximum atomic E-state index is 12.6.